The van der Waals surface area contributed by atoms with Gasteiger partial charge in [-0.3, -0.25) is 4.99 Å². The lowest BCUT2D eigenvalue weighted by molar-refractivity contribution is -0.0250. The Labute approximate surface area is 145 Å². The van der Waals surface area contributed by atoms with Crippen LogP contribution < -0.4 is 10.6 Å². The first kappa shape index (κ1) is 18.7. The van der Waals surface area contributed by atoms with Crippen LogP contribution >= 0.6 is 0 Å². The van der Waals surface area contributed by atoms with E-state index in [4.69, 9.17) is 14.5 Å². The van der Waals surface area contributed by atoms with Crippen molar-refractivity contribution in [1.29, 1.82) is 0 Å². The highest BCUT2D eigenvalue weighted by Crippen LogP contribution is 2.33. The summed E-state index contributed by atoms with van der Waals surface area (Å²) in [6.45, 7) is 6.19. The molecule has 0 aromatic heterocycles. The van der Waals surface area contributed by atoms with Gasteiger partial charge in [-0.2, -0.15) is 0 Å². The first-order valence-electron chi connectivity index (χ1n) is 9.02. The third-order valence-corrected chi connectivity index (χ3v) is 4.22. The maximum absolute atomic E-state index is 6.06. The number of ether oxygens (including phenoxy) is 2. The van der Waals surface area contributed by atoms with E-state index < -0.39 is 0 Å². The molecule has 2 rings (SSSR count). The molecule has 1 heterocycles. The van der Waals surface area contributed by atoms with Gasteiger partial charge in [0.2, 0.25) is 0 Å². The average molecular weight is 333 g/mol. The minimum Gasteiger partial charge on any atom is -0.385 e. The zero-order chi connectivity index (χ0) is 17.0. The zero-order valence-electron chi connectivity index (χ0n) is 15.0. The van der Waals surface area contributed by atoms with Crippen LogP contribution in [0.25, 0.3) is 0 Å². The quantitative estimate of drug-likeness (QED) is 0.436. The van der Waals surface area contributed by atoms with Gasteiger partial charge in [0, 0.05) is 45.9 Å². The van der Waals surface area contributed by atoms with Crippen molar-refractivity contribution < 1.29 is 9.47 Å². The molecule has 1 fully saturated rings. The highest BCUT2D eigenvalue weighted by Gasteiger charge is 2.27. The summed E-state index contributed by atoms with van der Waals surface area (Å²) in [5.74, 6) is 1.31. The Morgan fingerprint density at radius 3 is 2.88 bits per heavy atom. The predicted octanol–water partition coefficient (Wildman–Crippen LogP) is 2.75. The third kappa shape index (κ3) is 6.13. The molecule has 0 bridgehead atoms. The number of aliphatic imine (C=N–C) groups is 1. The van der Waals surface area contributed by atoms with Crippen LogP contribution in [-0.2, 0) is 9.47 Å². The molecule has 0 saturated carbocycles. The van der Waals surface area contributed by atoms with Crippen LogP contribution in [0.3, 0.4) is 0 Å². The van der Waals surface area contributed by atoms with Crippen LogP contribution in [-0.4, -0.2) is 45.9 Å². The number of hydrogen-bond donors (Lipinski definition) is 2. The van der Waals surface area contributed by atoms with E-state index in [1.54, 1.807) is 7.11 Å². The van der Waals surface area contributed by atoms with E-state index in [1.165, 1.54) is 5.56 Å². The van der Waals surface area contributed by atoms with Crippen molar-refractivity contribution in [2.45, 2.75) is 32.3 Å². The molecule has 24 heavy (non-hydrogen) atoms. The Morgan fingerprint density at radius 2 is 2.12 bits per heavy atom. The normalized spacial score (nSPS) is 21.5. The Morgan fingerprint density at radius 1 is 1.29 bits per heavy atom. The van der Waals surface area contributed by atoms with Crippen LogP contribution in [0.2, 0.25) is 0 Å². The predicted molar refractivity (Wildman–Crippen MR) is 98.3 cm³/mol. The number of nitrogens with zero attached hydrogens (tertiary/aromatic N) is 1. The summed E-state index contributed by atoms with van der Waals surface area (Å²) < 4.78 is 11.1. The lowest BCUT2D eigenvalue weighted by Gasteiger charge is -2.31. The third-order valence-electron chi connectivity index (χ3n) is 4.22. The molecular weight excluding hydrogens is 302 g/mol. The van der Waals surface area contributed by atoms with Crippen LogP contribution in [0.15, 0.2) is 35.3 Å². The number of nitrogens with one attached hydrogen (secondary N) is 2. The van der Waals surface area contributed by atoms with E-state index in [-0.39, 0.29) is 6.10 Å². The summed E-state index contributed by atoms with van der Waals surface area (Å²) >= 11 is 0. The molecule has 1 aliphatic heterocycles. The molecule has 0 spiro atoms. The molecule has 0 aliphatic carbocycles. The Kier molecular flexibility index (Phi) is 8.63. The van der Waals surface area contributed by atoms with Crippen molar-refractivity contribution in [2.24, 2.45) is 10.9 Å². The fourth-order valence-corrected chi connectivity index (χ4v) is 3.01. The summed E-state index contributed by atoms with van der Waals surface area (Å²) in [4.78, 5) is 4.78. The Balaban J connectivity index is 1.94. The highest BCUT2D eigenvalue weighted by atomic mass is 16.5. The zero-order valence-corrected chi connectivity index (χ0v) is 15.0. The van der Waals surface area contributed by atoms with Gasteiger partial charge in [-0.05, 0) is 31.7 Å². The molecule has 2 atom stereocenters. The maximum Gasteiger partial charge on any atom is 0.191 e. The largest absolute Gasteiger partial charge is 0.385 e. The molecule has 2 N–H and O–H groups in total. The molecule has 0 radical (unpaired) electrons. The van der Waals surface area contributed by atoms with Crippen molar-refractivity contribution in [1.82, 2.24) is 10.6 Å². The second-order valence-corrected chi connectivity index (χ2v) is 6.10. The fourth-order valence-electron chi connectivity index (χ4n) is 3.01. The smallest absolute Gasteiger partial charge is 0.191 e. The maximum atomic E-state index is 6.06. The molecule has 134 valence electrons. The minimum absolute atomic E-state index is 0.153. The van der Waals surface area contributed by atoms with E-state index in [1.807, 2.05) is 6.07 Å². The second kappa shape index (κ2) is 11.0. The monoisotopic (exact) mass is 333 g/mol. The van der Waals surface area contributed by atoms with Gasteiger partial charge in [-0.1, -0.05) is 30.3 Å². The fraction of sp³-hybridized carbons (Fsp3) is 0.632. The molecule has 5 nitrogen and oxygen atoms in total. The van der Waals surface area contributed by atoms with E-state index >= 15 is 0 Å². The van der Waals surface area contributed by atoms with Crippen molar-refractivity contribution >= 4 is 5.96 Å². The average Bonchev–Trinajstić information content (AvgIpc) is 2.64. The Hall–Kier alpha value is -1.59. The van der Waals surface area contributed by atoms with E-state index in [0.29, 0.717) is 5.92 Å². The van der Waals surface area contributed by atoms with Gasteiger partial charge in [0.05, 0.1) is 6.10 Å². The van der Waals surface area contributed by atoms with Gasteiger partial charge in [0.1, 0.15) is 0 Å². The van der Waals surface area contributed by atoms with Gasteiger partial charge in [-0.25, -0.2) is 0 Å². The second-order valence-electron chi connectivity index (χ2n) is 6.10. The minimum atomic E-state index is 0.153. The SMILES string of the molecule is CCNC(=NCC1CCCOC1c1ccccc1)NCCCOC. The summed E-state index contributed by atoms with van der Waals surface area (Å²) in [6, 6.07) is 10.5. The molecule has 1 aromatic carbocycles. The summed E-state index contributed by atoms with van der Waals surface area (Å²) in [5, 5.41) is 6.68. The van der Waals surface area contributed by atoms with Gasteiger partial charge in [-0.15, -0.1) is 0 Å². The van der Waals surface area contributed by atoms with E-state index in [2.05, 4.69) is 41.8 Å². The number of benzene rings is 1. The van der Waals surface area contributed by atoms with Crippen LogP contribution in [0.5, 0.6) is 0 Å². The van der Waals surface area contributed by atoms with Crippen molar-refractivity contribution in [3.63, 3.8) is 0 Å². The first-order valence-corrected chi connectivity index (χ1v) is 9.02. The molecule has 1 aromatic rings. The number of rotatable bonds is 8. The van der Waals surface area contributed by atoms with Crippen molar-refractivity contribution in [3.8, 4) is 0 Å². The standard InChI is InChI=1S/C19H31N3O2/c1-3-20-19(21-12-8-13-23-2)22-15-17-11-7-14-24-18(17)16-9-5-4-6-10-16/h4-6,9-10,17-18H,3,7-8,11-15H2,1-2H3,(H2,20,21,22). The van der Waals surface area contributed by atoms with Crippen LogP contribution in [0.1, 0.15) is 37.9 Å². The lowest BCUT2D eigenvalue weighted by Crippen LogP contribution is -2.38. The van der Waals surface area contributed by atoms with E-state index in [9.17, 15) is 0 Å². The number of methoxy groups -OCH3 is 1. The lowest BCUT2D eigenvalue weighted by atomic mass is 9.89. The number of hydrogen-bond acceptors (Lipinski definition) is 3. The molecule has 1 aliphatic rings. The molecule has 0 amide bonds. The van der Waals surface area contributed by atoms with Gasteiger partial charge in [0.15, 0.2) is 5.96 Å². The first-order chi connectivity index (χ1) is 11.8. The Bertz CT molecular complexity index is 479. The summed E-state index contributed by atoms with van der Waals surface area (Å²) in [6.07, 6.45) is 3.40. The molecule has 5 heteroatoms. The number of guanidine groups is 1. The van der Waals surface area contributed by atoms with Crippen molar-refractivity contribution in [2.75, 3.05) is 40.0 Å². The van der Waals surface area contributed by atoms with E-state index in [0.717, 1.165) is 58.1 Å². The van der Waals surface area contributed by atoms with Crippen molar-refractivity contribution in [3.05, 3.63) is 35.9 Å². The summed E-state index contributed by atoms with van der Waals surface area (Å²) in [5.41, 5.74) is 1.26. The van der Waals surface area contributed by atoms with Gasteiger partial charge < -0.3 is 20.1 Å². The topological polar surface area (TPSA) is 54.9 Å². The molecule has 1 saturated heterocycles. The molecular formula is C19H31N3O2. The van der Waals surface area contributed by atoms with Crippen LogP contribution in [0.4, 0.5) is 0 Å². The van der Waals surface area contributed by atoms with Crippen LogP contribution in [0, 0.1) is 5.92 Å². The highest BCUT2D eigenvalue weighted by molar-refractivity contribution is 5.79. The molecule has 2 unspecified atom stereocenters. The van der Waals surface area contributed by atoms with Gasteiger partial charge in [0.25, 0.3) is 0 Å². The summed E-state index contributed by atoms with van der Waals surface area (Å²) in [7, 11) is 1.73. The van der Waals surface area contributed by atoms with Gasteiger partial charge >= 0.3 is 0 Å².